The first-order valence-electron chi connectivity index (χ1n) is 9.81. The Kier molecular flexibility index (Phi) is 6.40. The summed E-state index contributed by atoms with van der Waals surface area (Å²) in [6.07, 6.45) is 1.72. The van der Waals surface area contributed by atoms with E-state index in [9.17, 15) is 13.6 Å². The molecule has 1 amide bonds. The fourth-order valence-corrected chi connectivity index (χ4v) is 3.62. The lowest BCUT2D eigenvalue weighted by Gasteiger charge is -2.12. The van der Waals surface area contributed by atoms with Crippen LogP contribution in [-0.2, 0) is 6.61 Å². The third kappa shape index (κ3) is 4.72. The summed E-state index contributed by atoms with van der Waals surface area (Å²) in [7, 11) is 0. The SMILES string of the molecule is Cc1cc(OCc2c(F)cccc2F)c2nc(C)c(C(=O)NNc3ccc(Cl)c(Cl)c3)n2c1. The maximum absolute atomic E-state index is 14.0. The molecule has 0 aliphatic heterocycles. The van der Waals surface area contributed by atoms with Gasteiger partial charge in [0.15, 0.2) is 11.4 Å². The van der Waals surface area contributed by atoms with Gasteiger partial charge in [0.2, 0.25) is 0 Å². The second kappa shape index (κ2) is 9.25. The molecule has 4 aromatic rings. The van der Waals surface area contributed by atoms with Gasteiger partial charge in [-0.1, -0.05) is 29.3 Å². The number of amides is 1. The van der Waals surface area contributed by atoms with E-state index in [-0.39, 0.29) is 23.6 Å². The zero-order chi connectivity index (χ0) is 23.7. The van der Waals surface area contributed by atoms with Crippen LogP contribution in [0.2, 0.25) is 10.0 Å². The van der Waals surface area contributed by atoms with E-state index in [0.29, 0.717) is 27.1 Å². The summed E-state index contributed by atoms with van der Waals surface area (Å²) in [5, 5.41) is 0.732. The molecule has 0 fully saturated rings. The Balaban J connectivity index is 1.61. The zero-order valence-corrected chi connectivity index (χ0v) is 19.1. The van der Waals surface area contributed by atoms with Crippen molar-refractivity contribution in [3.8, 4) is 5.75 Å². The summed E-state index contributed by atoms with van der Waals surface area (Å²) in [6, 6.07) is 10.1. The number of aryl methyl sites for hydroxylation is 2. The van der Waals surface area contributed by atoms with E-state index >= 15 is 0 Å². The van der Waals surface area contributed by atoms with Crippen molar-refractivity contribution in [1.82, 2.24) is 14.8 Å². The van der Waals surface area contributed by atoms with E-state index in [1.165, 1.54) is 6.07 Å². The Bertz CT molecular complexity index is 1350. The molecule has 2 aromatic heterocycles. The van der Waals surface area contributed by atoms with Crippen LogP contribution in [0.15, 0.2) is 48.7 Å². The highest BCUT2D eigenvalue weighted by Gasteiger charge is 2.20. The molecule has 0 bridgehead atoms. The number of nitrogens with one attached hydrogen (secondary N) is 2. The Labute approximate surface area is 198 Å². The summed E-state index contributed by atoms with van der Waals surface area (Å²) in [4.78, 5) is 17.4. The number of anilines is 1. The van der Waals surface area contributed by atoms with Crippen LogP contribution >= 0.6 is 23.2 Å². The first kappa shape index (κ1) is 22.8. The Morgan fingerprint density at radius 2 is 1.82 bits per heavy atom. The maximum atomic E-state index is 14.0. The van der Waals surface area contributed by atoms with E-state index in [1.54, 1.807) is 48.7 Å². The Morgan fingerprint density at radius 1 is 1.09 bits per heavy atom. The number of ether oxygens (including phenoxy) is 1. The molecular weight excluding hydrogens is 473 g/mol. The molecule has 0 radical (unpaired) electrons. The standard InChI is InChI=1S/C23H18Cl2F2N4O2/c1-12-8-20(33-11-15-18(26)4-3-5-19(15)27)22-28-13(2)21(31(22)10-12)23(32)30-29-14-6-7-16(24)17(25)9-14/h3-10,29H,11H2,1-2H3,(H,30,32). The molecule has 2 aromatic carbocycles. The third-order valence-corrected chi connectivity index (χ3v) is 5.63. The molecule has 0 saturated carbocycles. The van der Waals surface area contributed by atoms with Gasteiger partial charge >= 0.3 is 0 Å². The highest BCUT2D eigenvalue weighted by atomic mass is 35.5. The number of rotatable bonds is 6. The normalized spacial score (nSPS) is 11.0. The summed E-state index contributed by atoms with van der Waals surface area (Å²) in [5.41, 5.74) is 7.54. The van der Waals surface area contributed by atoms with E-state index in [0.717, 1.165) is 17.7 Å². The highest BCUT2D eigenvalue weighted by Crippen LogP contribution is 2.27. The molecule has 0 atom stereocenters. The van der Waals surface area contributed by atoms with Gasteiger partial charge in [-0.3, -0.25) is 20.0 Å². The zero-order valence-electron chi connectivity index (χ0n) is 17.5. The molecule has 10 heteroatoms. The molecule has 170 valence electrons. The number of benzene rings is 2. The van der Waals surface area contributed by atoms with Crippen molar-refractivity contribution in [2.24, 2.45) is 0 Å². The van der Waals surface area contributed by atoms with E-state index in [2.05, 4.69) is 15.8 Å². The summed E-state index contributed by atoms with van der Waals surface area (Å²) >= 11 is 11.9. The van der Waals surface area contributed by atoms with Gasteiger partial charge < -0.3 is 4.74 Å². The average molecular weight is 491 g/mol. The fraction of sp³-hybridized carbons (Fsp3) is 0.130. The first-order chi connectivity index (χ1) is 15.7. The number of nitrogens with zero attached hydrogens (tertiary/aromatic N) is 2. The smallest absolute Gasteiger partial charge is 0.288 e. The van der Waals surface area contributed by atoms with Gasteiger partial charge in [-0.2, -0.15) is 0 Å². The monoisotopic (exact) mass is 490 g/mol. The van der Waals surface area contributed by atoms with E-state index in [4.69, 9.17) is 27.9 Å². The first-order valence-corrected chi connectivity index (χ1v) is 10.6. The fourth-order valence-electron chi connectivity index (χ4n) is 3.32. The minimum atomic E-state index is -0.702. The lowest BCUT2D eigenvalue weighted by Crippen LogP contribution is -2.30. The quantitative estimate of drug-likeness (QED) is 0.331. The van der Waals surface area contributed by atoms with Gasteiger partial charge in [0.25, 0.3) is 5.91 Å². The molecule has 0 saturated heterocycles. The van der Waals surface area contributed by atoms with Crippen molar-refractivity contribution in [3.05, 3.63) is 92.9 Å². The van der Waals surface area contributed by atoms with Gasteiger partial charge in [0.1, 0.15) is 23.9 Å². The molecule has 2 heterocycles. The number of hydrogen-bond acceptors (Lipinski definition) is 4. The predicted molar refractivity (Wildman–Crippen MR) is 123 cm³/mol. The van der Waals surface area contributed by atoms with E-state index < -0.39 is 17.5 Å². The number of carbonyl (C=O) groups excluding carboxylic acids is 1. The van der Waals surface area contributed by atoms with Crippen molar-refractivity contribution in [1.29, 1.82) is 0 Å². The molecule has 2 N–H and O–H groups in total. The lowest BCUT2D eigenvalue weighted by molar-refractivity contribution is 0.0956. The average Bonchev–Trinajstić information content (AvgIpc) is 3.09. The minimum absolute atomic E-state index is 0.191. The summed E-state index contributed by atoms with van der Waals surface area (Å²) < 4.78 is 35.2. The number of pyridine rings is 1. The number of carbonyl (C=O) groups is 1. The number of hydrogen-bond donors (Lipinski definition) is 2. The molecule has 6 nitrogen and oxygen atoms in total. The van der Waals surface area contributed by atoms with Crippen molar-refractivity contribution in [2.75, 3.05) is 5.43 Å². The van der Waals surface area contributed by atoms with Crippen molar-refractivity contribution < 1.29 is 18.3 Å². The highest BCUT2D eigenvalue weighted by molar-refractivity contribution is 6.42. The second-order valence-corrected chi connectivity index (χ2v) is 8.13. The molecule has 0 aliphatic rings. The Hall–Kier alpha value is -3.36. The lowest BCUT2D eigenvalue weighted by atomic mass is 10.2. The number of aromatic nitrogens is 2. The molecule has 33 heavy (non-hydrogen) atoms. The van der Waals surface area contributed by atoms with Gasteiger partial charge in [-0.25, -0.2) is 13.8 Å². The largest absolute Gasteiger partial charge is 0.485 e. The van der Waals surface area contributed by atoms with Crippen LogP contribution < -0.4 is 15.6 Å². The van der Waals surface area contributed by atoms with Crippen molar-refractivity contribution >= 4 is 40.4 Å². The predicted octanol–water partition coefficient (Wildman–Crippen LogP) is 5.87. The molecule has 0 unspecified atom stereocenters. The molecule has 0 aliphatic carbocycles. The van der Waals surface area contributed by atoms with Gasteiger partial charge in [-0.05, 0) is 55.8 Å². The second-order valence-electron chi connectivity index (χ2n) is 7.32. The van der Waals surface area contributed by atoms with E-state index in [1.807, 2.05) is 0 Å². The molecule has 4 rings (SSSR count). The van der Waals surface area contributed by atoms with Crippen LogP contribution in [0.25, 0.3) is 5.65 Å². The van der Waals surface area contributed by atoms with Crippen LogP contribution in [-0.4, -0.2) is 15.3 Å². The molecular formula is C23H18Cl2F2N4O2. The topological polar surface area (TPSA) is 67.7 Å². The van der Waals surface area contributed by atoms with Crippen LogP contribution in [0.5, 0.6) is 5.75 Å². The number of halogens is 4. The van der Waals surface area contributed by atoms with Gasteiger partial charge in [0, 0.05) is 6.20 Å². The maximum Gasteiger partial charge on any atom is 0.288 e. The van der Waals surface area contributed by atoms with Crippen LogP contribution in [0, 0.1) is 25.5 Å². The van der Waals surface area contributed by atoms with Crippen LogP contribution in [0.3, 0.4) is 0 Å². The van der Waals surface area contributed by atoms with Gasteiger partial charge in [-0.15, -0.1) is 0 Å². The van der Waals surface area contributed by atoms with Crippen LogP contribution in [0.1, 0.15) is 27.3 Å². The van der Waals surface area contributed by atoms with Crippen molar-refractivity contribution in [2.45, 2.75) is 20.5 Å². The Morgan fingerprint density at radius 3 is 2.52 bits per heavy atom. The van der Waals surface area contributed by atoms with Gasteiger partial charge in [0.05, 0.1) is 27.0 Å². The third-order valence-electron chi connectivity index (χ3n) is 4.89. The number of fused-ring (bicyclic) bond motifs is 1. The number of hydrazine groups is 1. The molecule has 0 spiro atoms. The van der Waals surface area contributed by atoms with Crippen LogP contribution in [0.4, 0.5) is 14.5 Å². The van der Waals surface area contributed by atoms with Crippen molar-refractivity contribution in [3.63, 3.8) is 0 Å². The minimum Gasteiger partial charge on any atom is -0.485 e. The summed E-state index contributed by atoms with van der Waals surface area (Å²) in [6.45, 7) is 3.15. The summed E-state index contributed by atoms with van der Waals surface area (Å²) in [5.74, 6) is -1.57. The number of imidazole rings is 1.